The van der Waals surface area contributed by atoms with E-state index in [0.29, 0.717) is 12.1 Å². The summed E-state index contributed by atoms with van der Waals surface area (Å²) in [4.78, 5) is 0. The lowest BCUT2D eigenvalue weighted by atomic mass is 10.1. The Kier molecular flexibility index (Phi) is 8.13. The van der Waals surface area contributed by atoms with Gasteiger partial charge in [-0.2, -0.15) is 59.7 Å². The summed E-state index contributed by atoms with van der Waals surface area (Å²) in [5, 5.41) is 2.47. The summed E-state index contributed by atoms with van der Waals surface area (Å²) in [7, 11) is -7.01. The van der Waals surface area contributed by atoms with E-state index in [4.69, 9.17) is 0 Å². The highest BCUT2D eigenvalue weighted by Crippen LogP contribution is 2.55. The molecule has 31 heavy (non-hydrogen) atoms. The van der Waals surface area contributed by atoms with Crippen molar-refractivity contribution in [1.29, 1.82) is 0 Å². The number of rotatable bonds is 5. The first-order valence-corrected chi connectivity index (χ1v) is 10.9. The summed E-state index contributed by atoms with van der Waals surface area (Å²) in [6.07, 6.45) is -4.24. The molecule has 0 spiro atoms. The van der Waals surface area contributed by atoms with Crippen LogP contribution in [0.15, 0.2) is 12.1 Å². The number of hydrogen-bond donors (Lipinski definition) is 1. The van der Waals surface area contributed by atoms with Gasteiger partial charge in [-0.3, -0.25) is 0 Å². The van der Waals surface area contributed by atoms with Crippen LogP contribution in [0.5, 0.6) is 11.5 Å². The molecule has 1 aliphatic heterocycles. The largest absolute Gasteiger partial charge is 0.507 e. The second kappa shape index (κ2) is 9.16. The van der Waals surface area contributed by atoms with Crippen molar-refractivity contribution in [2.24, 2.45) is 0 Å². The molecule has 1 N–H and O–H groups in total. The molecule has 1 saturated heterocycles. The molecule has 0 unspecified atom stereocenters. The minimum absolute atomic E-state index is 0.175. The van der Waals surface area contributed by atoms with Gasteiger partial charge in [0.2, 0.25) is 0 Å². The Morgan fingerprint density at radius 1 is 0.871 bits per heavy atom. The molecular formula is C16H17F9O4S2. The fourth-order valence-corrected chi connectivity index (χ4v) is 4.09. The molecule has 1 fully saturated rings. The average Bonchev–Trinajstić information content (AvgIpc) is 3.17. The topological polar surface area (TPSA) is 63.6 Å². The first kappa shape index (κ1) is 27.5. The van der Waals surface area contributed by atoms with E-state index < -0.39 is 44.9 Å². The van der Waals surface area contributed by atoms with Crippen molar-refractivity contribution in [3.63, 3.8) is 0 Å². The van der Waals surface area contributed by atoms with Crippen molar-refractivity contribution in [3.05, 3.63) is 23.3 Å². The minimum atomic E-state index is -7.38. The number of benzene rings is 1. The number of aromatic hydroxyl groups is 1. The van der Waals surface area contributed by atoms with Crippen LogP contribution in [0.3, 0.4) is 0 Å². The van der Waals surface area contributed by atoms with Crippen LogP contribution in [0.2, 0.25) is 0 Å². The number of halogens is 9. The molecule has 0 saturated carbocycles. The van der Waals surface area contributed by atoms with Gasteiger partial charge in [-0.05, 0) is 61.5 Å². The summed E-state index contributed by atoms with van der Waals surface area (Å²) in [5.74, 6) is -13.5. The van der Waals surface area contributed by atoms with Gasteiger partial charge in [0.1, 0.15) is 11.5 Å². The first-order valence-electron chi connectivity index (χ1n) is 8.31. The Balaban J connectivity index is 0.000000836. The van der Waals surface area contributed by atoms with E-state index in [-0.39, 0.29) is 11.1 Å². The second-order valence-electron chi connectivity index (χ2n) is 6.43. The molecule has 1 aliphatic rings. The molecule has 0 amide bonds. The molecule has 0 bridgehead atoms. The van der Waals surface area contributed by atoms with Crippen molar-refractivity contribution >= 4 is 21.9 Å². The fourth-order valence-electron chi connectivity index (χ4n) is 2.17. The molecule has 0 atom stereocenters. The number of phenolic OH excluding ortho intramolecular Hbond substituents is 1. The molecule has 180 valence electrons. The molecule has 0 aromatic heterocycles. The van der Waals surface area contributed by atoms with E-state index in [9.17, 15) is 53.0 Å². The Hall–Kier alpha value is -1.51. The van der Waals surface area contributed by atoms with Crippen molar-refractivity contribution in [2.75, 3.05) is 11.5 Å². The van der Waals surface area contributed by atoms with Gasteiger partial charge in [-0.25, -0.2) is 0 Å². The summed E-state index contributed by atoms with van der Waals surface area (Å²) in [5.41, 5.74) is -0.350. The van der Waals surface area contributed by atoms with E-state index >= 15 is 0 Å². The molecule has 4 nitrogen and oxygen atoms in total. The lowest BCUT2D eigenvalue weighted by Crippen LogP contribution is -2.63. The van der Waals surface area contributed by atoms with Gasteiger partial charge in [0.25, 0.3) is 0 Å². The molecule has 0 aliphatic carbocycles. The predicted octanol–water partition coefficient (Wildman–Crippen LogP) is 5.66. The van der Waals surface area contributed by atoms with E-state index in [1.54, 1.807) is 0 Å². The van der Waals surface area contributed by atoms with E-state index in [1.165, 1.54) is 24.3 Å². The van der Waals surface area contributed by atoms with Crippen LogP contribution in [0.1, 0.15) is 24.0 Å². The summed E-state index contributed by atoms with van der Waals surface area (Å²) in [6.45, 7) is 2.23. The molecule has 1 heterocycles. The van der Waals surface area contributed by atoms with Crippen LogP contribution < -0.4 is 4.18 Å². The minimum Gasteiger partial charge on any atom is -0.507 e. The van der Waals surface area contributed by atoms with E-state index in [2.05, 4.69) is 15.9 Å². The zero-order valence-corrected chi connectivity index (χ0v) is 17.5. The fraction of sp³-hybridized carbons (Fsp3) is 0.625. The number of phenols is 1. The zero-order valence-electron chi connectivity index (χ0n) is 15.9. The summed E-state index contributed by atoms with van der Waals surface area (Å²) in [6, 6.07) is 1.13. The van der Waals surface area contributed by atoms with Crippen molar-refractivity contribution in [2.45, 2.75) is 50.0 Å². The van der Waals surface area contributed by atoms with Gasteiger partial charge in [0.05, 0.1) is 0 Å². The van der Waals surface area contributed by atoms with Gasteiger partial charge in [0, 0.05) is 0 Å². The van der Waals surface area contributed by atoms with Crippen LogP contribution >= 0.6 is 11.8 Å². The molecule has 1 aromatic rings. The average molecular weight is 508 g/mol. The maximum Gasteiger partial charge on any atom is 0.460 e. The zero-order chi connectivity index (χ0) is 24.5. The Bertz CT molecular complexity index is 849. The van der Waals surface area contributed by atoms with Gasteiger partial charge in [-0.15, -0.1) is 0 Å². The highest BCUT2D eigenvalue weighted by Gasteiger charge is 2.86. The Morgan fingerprint density at radius 3 is 1.61 bits per heavy atom. The third-order valence-electron chi connectivity index (χ3n) is 3.93. The molecule has 0 radical (unpaired) electrons. The number of aryl methyl sites for hydroxylation is 2. The van der Waals surface area contributed by atoms with Crippen LogP contribution in [0, 0.1) is 13.8 Å². The first-order chi connectivity index (χ1) is 13.8. The van der Waals surface area contributed by atoms with Crippen LogP contribution in [-0.4, -0.2) is 48.3 Å². The van der Waals surface area contributed by atoms with Crippen molar-refractivity contribution in [3.8, 4) is 11.5 Å². The van der Waals surface area contributed by atoms with Crippen LogP contribution in [-0.2, 0) is 10.1 Å². The lowest BCUT2D eigenvalue weighted by Gasteiger charge is -2.32. The monoisotopic (exact) mass is 508 g/mol. The highest BCUT2D eigenvalue weighted by atomic mass is 32.2. The molecular weight excluding hydrogens is 491 g/mol. The predicted molar refractivity (Wildman–Crippen MR) is 94.6 cm³/mol. The third-order valence-corrected chi connectivity index (χ3v) is 6.38. The second-order valence-corrected chi connectivity index (χ2v) is 9.24. The third kappa shape index (κ3) is 5.46. The van der Waals surface area contributed by atoms with Crippen molar-refractivity contribution in [1.82, 2.24) is 0 Å². The maximum absolute atomic E-state index is 13.5. The Labute approximate surface area is 175 Å². The van der Waals surface area contributed by atoms with Gasteiger partial charge >= 0.3 is 33.4 Å². The molecule has 1 aromatic carbocycles. The molecule has 2 rings (SSSR count). The maximum atomic E-state index is 13.5. The lowest BCUT2D eigenvalue weighted by molar-refractivity contribution is -0.382. The van der Waals surface area contributed by atoms with Crippen LogP contribution in [0.4, 0.5) is 39.5 Å². The molecule has 15 heteroatoms. The number of thioether (sulfide) groups is 1. The normalized spacial score (nSPS) is 16.0. The van der Waals surface area contributed by atoms with E-state index in [1.807, 2.05) is 0 Å². The summed E-state index contributed by atoms with van der Waals surface area (Å²) >= 11 is 2.07. The van der Waals surface area contributed by atoms with E-state index in [0.717, 1.165) is 13.8 Å². The standard InChI is InChI=1S/C12H9F9O4S.C4H8S/c1-5-3-7(4-6(2)8(5)22)25-26(23,24)12(20,21)10(15,16)9(13,14)11(17,18)19;1-2-4-5-3-1/h3-4,22H,1-2H3;1-4H2. The summed E-state index contributed by atoms with van der Waals surface area (Å²) < 4.78 is 141. The van der Waals surface area contributed by atoms with Crippen LogP contribution in [0.25, 0.3) is 0 Å². The quantitative estimate of drug-likeness (QED) is 0.411. The highest BCUT2D eigenvalue weighted by molar-refractivity contribution is 7.99. The van der Waals surface area contributed by atoms with Crippen molar-refractivity contribution < 1.29 is 57.2 Å². The van der Waals surface area contributed by atoms with Gasteiger partial charge in [-0.1, -0.05) is 0 Å². The van der Waals surface area contributed by atoms with Gasteiger partial charge < -0.3 is 9.29 Å². The number of alkyl halides is 9. The van der Waals surface area contributed by atoms with Gasteiger partial charge in [0.15, 0.2) is 0 Å². The Morgan fingerprint density at radius 2 is 1.29 bits per heavy atom. The smallest absolute Gasteiger partial charge is 0.460 e. The SMILES string of the molecule is C1CCSC1.Cc1cc(OS(=O)(=O)C(F)(F)C(F)(F)C(F)(F)C(F)(F)F)cc(C)c1O. The number of hydrogen-bond acceptors (Lipinski definition) is 5.